The predicted octanol–water partition coefficient (Wildman–Crippen LogP) is 16.9. The number of anilines is 3. The molecular formula is C66H43NO. The molecule has 0 amide bonds. The second-order valence-electron chi connectivity index (χ2n) is 18.4. The van der Waals surface area contributed by atoms with Crippen molar-refractivity contribution in [3.8, 4) is 22.3 Å². The SMILES string of the molecule is c1ccc(C2(c3ccccc3)c3cc(N(c4ccc5c(c4)C(c4ccccc4)(c4ccccc4)c4cc6ccccc6cc4-5)c4ccc5ccoc5c4)ccc3-c3cc4ccccc4cc32)cc1. The zero-order valence-electron chi connectivity index (χ0n) is 37.2. The second-order valence-corrected chi connectivity index (χ2v) is 18.4. The van der Waals surface area contributed by atoms with Crippen molar-refractivity contribution in [2.75, 3.05) is 4.90 Å². The molecule has 0 radical (unpaired) electrons. The molecule has 0 saturated carbocycles. The van der Waals surface area contributed by atoms with E-state index in [2.05, 4.69) is 254 Å². The first-order valence-corrected chi connectivity index (χ1v) is 23.6. The molecule has 0 aliphatic heterocycles. The Labute approximate surface area is 395 Å². The summed E-state index contributed by atoms with van der Waals surface area (Å²) in [6.07, 6.45) is 1.79. The van der Waals surface area contributed by atoms with Crippen LogP contribution in [-0.4, -0.2) is 0 Å². The molecule has 0 fully saturated rings. The summed E-state index contributed by atoms with van der Waals surface area (Å²) in [6, 6.07) is 94.7. The third-order valence-electron chi connectivity index (χ3n) is 15.0. The van der Waals surface area contributed by atoms with E-state index >= 15 is 0 Å². The van der Waals surface area contributed by atoms with Gasteiger partial charge in [-0.05, 0) is 155 Å². The Morgan fingerprint density at radius 1 is 0.265 bits per heavy atom. The zero-order chi connectivity index (χ0) is 44.8. The smallest absolute Gasteiger partial charge is 0.135 e. The molecule has 0 atom stereocenters. The summed E-state index contributed by atoms with van der Waals surface area (Å²) in [5.74, 6) is 0. The summed E-state index contributed by atoms with van der Waals surface area (Å²) in [5.41, 5.74) is 17.9. The van der Waals surface area contributed by atoms with Crippen molar-refractivity contribution in [3.05, 3.63) is 306 Å². The van der Waals surface area contributed by atoms with Crippen molar-refractivity contribution in [3.63, 3.8) is 0 Å². The first kappa shape index (κ1) is 38.5. The maximum atomic E-state index is 6.16. The van der Waals surface area contributed by atoms with Crippen molar-refractivity contribution >= 4 is 49.6 Å². The van der Waals surface area contributed by atoms with Gasteiger partial charge in [-0.3, -0.25) is 0 Å². The second kappa shape index (κ2) is 14.9. The Hall–Kier alpha value is -8.72. The van der Waals surface area contributed by atoms with Gasteiger partial charge in [0.1, 0.15) is 5.58 Å². The largest absolute Gasteiger partial charge is 0.464 e. The van der Waals surface area contributed by atoms with Crippen LogP contribution in [-0.2, 0) is 10.8 Å². The Morgan fingerprint density at radius 2 is 0.618 bits per heavy atom. The lowest BCUT2D eigenvalue weighted by atomic mass is 9.67. The van der Waals surface area contributed by atoms with Gasteiger partial charge in [0, 0.05) is 28.5 Å². The van der Waals surface area contributed by atoms with Gasteiger partial charge >= 0.3 is 0 Å². The molecule has 2 heteroatoms. The highest BCUT2D eigenvalue weighted by Gasteiger charge is 2.48. The summed E-state index contributed by atoms with van der Waals surface area (Å²) in [6.45, 7) is 0. The third-order valence-corrected chi connectivity index (χ3v) is 15.0. The van der Waals surface area contributed by atoms with Crippen molar-refractivity contribution in [1.82, 2.24) is 0 Å². The van der Waals surface area contributed by atoms with Crippen LogP contribution >= 0.6 is 0 Å². The molecule has 1 aromatic heterocycles. The fourth-order valence-corrected chi connectivity index (χ4v) is 12.1. The fraction of sp³-hybridized carbons (Fsp3) is 0.0303. The van der Waals surface area contributed by atoms with Crippen LogP contribution in [0.1, 0.15) is 44.5 Å². The van der Waals surface area contributed by atoms with Crippen LogP contribution in [0.3, 0.4) is 0 Å². The molecule has 2 aliphatic carbocycles. The van der Waals surface area contributed by atoms with Crippen LogP contribution in [0.2, 0.25) is 0 Å². The van der Waals surface area contributed by atoms with Gasteiger partial charge < -0.3 is 9.32 Å². The van der Waals surface area contributed by atoms with Crippen LogP contribution in [0, 0.1) is 0 Å². The number of benzene rings is 11. The topological polar surface area (TPSA) is 16.4 Å². The number of hydrogen-bond acceptors (Lipinski definition) is 2. The number of fused-ring (bicyclic) bond motifs is 9. The average Bonchev–Trinajstić information content (AvgIpc) is 4.08. The van der Waals surface area contributed by atoms with Crippen molar-refractivity contribution in [2.45, 2.75) is 10.8 Å². The standard InChI is InChI=1S/C66H43NO/c1-5-21-49(22-6-1)65(50-23-7-2-8-24-50)60-39-47-19-15-13-17-45(47)37-58(60)56-33-31-53(41-62(56)65)67(55-30-29-44-35-36-68-64(44)43-55)54-32-34-57-59-38-46-18-14-16-20-48(46)40-61(59)66(63(57)42-54,51-25-9-3-10-26-51)52-27-11-4-12-28-52/h1-43H. The Kier molecular flexibility index (Phi) is 8.45. The minimum Gasteiger partial charge on any atom is -0.464 e. The van der Waals surface area contributed by atoms with E-state index in [9.17, 15) is 0 Å². The van der Waals surface area contributed by atoms with Gasteiger partial charge in [0.05, 0.1) is 17.1 Å². The van der Waals surface area contributed by atoms with Crippen LogP contribution in [0.4, 0.5) is 17.1 Å². The van der Waals surface area contributed by atoms with Gasteiger partial charge in [-0.1, -0.05) is 182 Å². The Balaban J connectivity index is 1.07. The molecule has 68 heavy (non-hydrogen) atoms. The summed E-state index contributed by atoms with van der Waals surface area (Å²) in [4.78, 5) is 2.45. The summed E-state index contributed by atoms with van der Waals surface area (Å²) in [5, 5.41) is 6.01. The van der Waals surface area contributed by atoms with E-state index in [-0.39, 0.29) is 0 Å². The van der Waals surface area contributed by atoms with E-state index in [0.717, 1.165) is 28.0 Å². The molecule has 0 N–H and O–H groups in total. The predicted molar refractivity (Wildman–Crippen MR) is 281 cm³/mol. The molecule has 1 heterocycles. The summed E-state index contributed by atoms with van der Waals surface area (Å²) >= 11 is 0. The molecule has 2 aliphatic rings. The molecule has 0 bridgehead atoms. The molecular weight excluding hydrogens is 823 g/mol. The van der Waals surface area contributed by atoms with Gasteiger partial charge in [-0.15, -0.1) is 0 Å². The third kappa shape index (κ3) is 5.46. The van der Waals surface area contributed by atoms with Crippen molar-refractivity contribution < 1.29 is 4.42 Å². The molecule has 0 saturated heterocycles. The van der Waals surface area contributed by atoms with Gasteiger partial charge in [0.15, 0.2) is 0 Å². The van der Waals surface area contributed by atoms with E-state index in [0.29, 0.717) is 0 Å². The normalized spacial score (nSPS) is 13.8. The van der Waals surface area contributed by atoms with E-state index < -0.39 is 10.8 Å². The average molecular weight is 866 g/mol. The van der Waals surface area contributed by atoms with Gasteiger partial charge in [0.2, 0.25) is 0 Å². The minimum absolute atomic E-state index is 0.596. The first-order valence-electron chi connectivity index (χ1n) is 23.6. The summed E-state index contributed by atoms with van der Waals surface area (Å²) in [7, 11) is 0. The van der Waals surface area contributed by atoms with Crippen molar-refractivity contribution in [2.24, 2.45) is 0 Å². The van der Waals surface area contributed by atoms with E-state index in [4.69, 9.17) is 4.42 Å². The quantitative estimate of drug-likeness (QED) is 0.159. The van der Waals surface area contributed by atoms with Gasteiger partial charge in [0.25, 0.3) is 0 Å². The van der Waals surface area contributed by atoms with E-state index in [1.807, 2.05) is 6.07 Å². The lowest BCUT2D eigenvalue weighted by Gasteiger charge is -2.36. The molecule has 0 unspecified atom stereocenters. The van der Waals surface area contributed by atoms with E-state index in [1.54, 1.807) is 6.26 Å². The molecule has 0 spiro atoms. The minimum atomic E-state index is -0.596. The summed E-state index contributed by atoms with van der Waals surface area (Å²) < 4.78 is 6.16. The van der Waals surface area contributed by atoms with E-state index in [1.165, 1.54) is 88.3 Å². The first-order chi connectivity index (χ1) is 33.7. The molecule has 14 rings (SSSR count). The molecule has 11 aromatic carbocycles. The van der Waals surface area contributed by atoms with Crippen molar-refractivity contribution in [1.29, 1.82) is 0 Å². The van der Waals surface area contributed by atoms with Crippen LogP contribution in [0.25, 0.3) is 54.8 Å². The van der Waals surface area contributed by atoms with Gasteiger partial charge in [-0.25, -0.2) is 0 Å². The molecule has 2 nitrogen and oxygen atoms in total. The molecule has 12 aromatic rings. The van der Waals surface area contributed by atoms with Crippen LogP contribution in [0.15, 0.2) is 265 Å². The van der Waals surface area contributed by atoms with Crippen LogP contribution < -0.4 is 4.90 Å². The maximum absolute atomic E-state index is 6.16. The van der Waals surface area contributed by atoms with Gasteiger partial charge in [-0.2, -0.15) is 0 Å². The number of hydrogen-bond donors (Lipinski definition) is 0. The lowest BCUT2D eigenvalue weighted by Crippen LogP contribution is -2.29. The monoisotopic (exact) mass is 865 g/mol. The highest BCUT2D eigenvalue weighted by Crippen LogP contribution is 2.60. The number of furan rings is 1. The number of nitrogens with zero attached hydrogens (tertiary/aromatic N) is 1. The zero-order valence-corrected chi connectivity index (χ0v) is 37.2. The highest BCUT2D eigenvalue weighted by atomic mass is 16.3. The van der Waals surface area contributed by atoms with Crippen LogP contribution in [0.5, 0.6) is 0 Å². The highest BCUT2D eigenvalue weighted by molar-refractivity contribution is 5.99. The lowest BCUT2D eigenvalue weighted by molar-refractivity contribution is 0.616. The fourth-order valence-electron chi connectivity index (χ4n) is 12.1. The maximum Gasteiger partial charge on any atom is 0.135 e. The molecule has 318 valence electrons. The number of rotatable bonds is 7. The Morgan fingerprint density at radius 3 is 1.04 bits per heavy atom. The Bertz CT molecular complexity index is 3610.